The maximum atomic E-state index is 5.68. The molecule has 8 heteroatoms. The number of methoxy groups -OCH3 is 1. The number of piperidine rings is 1. The van der Waals surface area contributed by atoms with Crippen LogP contribution in [-0.2, 0) is 10.3 Å². The van der Waals surface area contributed by atoms with E-state index in [1.54, 1.807) is 19.5 Å². The van der Waals surface area contributed by atoms with Gasteiger partial charge in [0.1, 0.15) is 17.0 Å². The second-order valence-electron chi connectivity index (χ2n) is 10.2. The normalized spacial score (nSPS) is 21.9. The second kappa shape index (κ2) is 9.59. The Kier molecular flexibility index (Phi) is 6.16. The Morgan fingerprint density at radius 1 is 1.11 bits per heavy atom. The van der Waals surface area contributed by atoms with E-state index in [9.17, 15) is 0 Å². The van der Waals surface area contributed by atoms with Gasteiger partial charge < -0.3 is 19.7 Å². The van der Waals surface area contributed by atoms with Crippen molar-refractivity contribution < 1.29 is 9.47 Å². The molecule has 35 heavy (non-hydrogen) atoms. The summed E-state index contributed by atoms with van der Waals surface area (Å²) in [4.78, 5) is 6.77. The molecule has 1 aromatic carbocycles. The number of ether oxygens (including phenoxy) is 2. The summed E-state index contributed by atoms with van der Waals surface area (Å²) < 4.78 is 12.9. The fourth-order valence-corrected chi connectivity index (χ4v) is 5.39. The molecule has 2 aliphatic heterocycles. The van der Waals surface area contributed by atoms with Crippen LogP contribution in [0.1, 0.15) is 37.7 Å². The fraction of sp³-hybridized carbons (Fsp3) is 0.519. The summed E-state index contributed by atoms with van der Waals surface area (Å²) in [7, 11) is 1.64. The van der Waals surface area contributed by atoms with Crippen LogP contribution in [-0.4, -0.2) is 66.0 Å². The Morgan fingerprint density at radius 3 is 2.69 bits per heavy atom. The lowest BCUT2D eigenvalue weighted by atomic mass is 9.85. The van der Waals surface area contributed by atoms with Gasteiger partial charge in [-0.3, -0.25) is 4.98 Å². The molecule has 3 aliphatic rings. The number of hydrogen-bond donors (Lipinski definition) is 1. The Bertz CT molecular complexity index is 1140. The molecule has 4 heterocycles. The van der Waals surface area contributed by atoms with Gasteiger partial charge in [-0.2, -0.15) is 0 Å². The quantitative estimate of drug-likeness (QED) is 0.536. The largest absolute Gasteiger partial charge is 0.495 e. The highest BCUT2D eigenvalue weighted by Crippen LogP contribution is 2.36. The highest BCUT2D eigenvalue weighted by molar-refractivity contribution is 5.58. The Balaban J connectivity index is 1.16. The number of rotatable bonds is 8. The lowest BCUT2D eigenvalue weighted by molar-refractivity contribution is -0.0829. The average molecular weight is 475 g/mol. The number of anilines is 1. The number of benzene rings is 1. The zero-order chi connectivity index (χ0) is 23.7. The SMILES string of the molecule is COc1cncc(-c2cn(C3(c4ccc(N5CCC[C@@H](NCC6CCC6)C5)cc4)COC3)nn2)c1. The summed E-state index contributed by atoms with van der Waals surface area (Å²) in [6.07, 6.45) is 12.2. The van der Waals surface area contributed by atoms with Crippen LogP contribution in [0.2, 0.25) is 0 Å². The minimum atomic E-state index is -0.329. The van der Waals surface area contributed by atoms with Crippen LogP contribution in [0, 0.1) is 5.92 Å². The van der Waals surface area contributed by atoms with Crippen molar-refractivity contribution in [2.24, 2.45) is 5.92 Å². The molecule has 1 saturated carbocycles. The molecule has 0 amide bonds. The first-order chi connectivity index (χ1) is 17.2. The van der Waals surface area contributed by atoms with E-state index in [1.165, 1.54) is 49.9 Å². The third-order valence-corrected chi connectivity index (χ3v) is 7.97. The molecule has 2 aromatic heterocycles. The monoisotopic (exact) mass is 474 g/mol. The van der Waals surface area contributed by atoms with Gasteiger partial charge in [0.25, 0.3) is 0 Å². The molecular formula is C27H34N6O2. The predicted octanol–water partition coefficient (Wildman–Crippen LogP) is 3.48. The van der Waals surface area contributed by atoms with E-state index < -0.39 is 0 Å². The molecule has 1 aliphatic carbocycles. The van der Waals surface area contributed by atoms with Gasteiger partial charge in [0.2, 0.25) is 0 Å². The number of aromatic nitrogens is 4. The molecule has 0 unspecified atom stereocenters. The average Bonchev–Trinajstić information content (AvgIpc) is 3.33. The molecule has 1 N–H and O–H groups in total. The van der Waals surface area contributed by atoms with E-state index in [1.807, 2.05) is 16.9 Å². The molecule has 3 aromatic rings. The Labute approximate surface area is 206 Å². The first kappa shape index (κ1) is 22.5. The zero-order valence-corrected chi connectivity index (χ0v) is 20.4. The van der Waals surface area contributed by atoms with Crippen LogP contribution in [0.25, 0.3) is 11.3 Å². The van der Waals surface area contributed by atoms with Gasteiger partial charge in [0, 0.05) is 36.6 Å². The standard InChI is InChI=1S/C27H34N6O2/c1-34-25-12-21(14-28-15-25)26-17-33(31-30-26)27(18-35-19-27)22-7-9-24(10-8-22)32-11-3-6-23(16-32)29-13-20-4-2-5-20/h7-10,12,14-15,17,20,23,29H,2-6,11,13,16,18-19H2,1H3/t23-/m1/s1. The molecule has 0 bridgehead atoms. The maximum Gasteiger partial charge on any atom is 0.137 e. The first-order valence-electron chi connectivity index (χ1n) is 12.8. The lowest BCUT2D eigenvalue weighted by Crippen LogP contribution is -2.53. The molecule has 2 saturated heterocycles. The second-order valence-corrected chi connectivity index (χ2v) is 10.2. The Morgan fingerprint density at radius 2 is 1.97 bits per heavy atom. The summed E-state index contributed by atoms with van der Waals surface area (Å²) in [5.74, 6) is 1.61. The molecule has 1 atom stereocenters. The summed E-state index contributed by atoms with van der Waals surface area (Å²) in [5, 5.41) is 12.7. The highest BCUT2D eigenvalue weighted by atomic mass is 16.5. The first-order valence-corrected chi connectivity index (χ1v) is 12.8. The third kappa shape index (κ3) is 4.41. The van der Waals surface area contributed by atoms with Crippen LogP contribution in [0.5, 0.6) is 5.75 Å². The maximum absolute atomic E-state index is 5.68. The summed E-state index contributed by atoms with van der Waals surface area (Å²) in [5.41, 5.74) is 3.82. The molecule has 184 valence electrons. The van der Waals surface area contributed by atoms with Gasteiger partial charge in [-0.05, 0) is 61.9 Å². The lowest BCUT2D eigenvalue weighted by Gasteiger charge is -2.42. The van der Waals surface area contributed by atoms with Crippen molar-refractivity contribution in [1.82, 2.24) is 25.3 Å². The van der Waals surface area contributed by atoms with E-state index in [0.29, 0.717) is 25.0 Å². The Hall–Kier alpha value is -2.97. The van der Waals surface area contributed by atoms with E-state index in [0.717, 1.165) is 30.3 Å². The molecule has 0 spiro atoms. The van der Waals surface area contributed by atoms with E-state index in [-0.39, 0.29) is 5.54 Å². The van der Waals surface area contributed by atoms with Crippen molar-refractivity contribution in [1.29, 1.82) is 0 Å². The van der Waals surface area contributed by atoms with Crippen LogP contribution >= 0.6 is 0 Å². The summed E-state index contributed by atoms with van der Waals surface area (Å²) in [6.45, 7) is 4.56. The van der Waals surface area contributed by atoms with Gasteiger partial charge in [-0.25, -0.2) is 4.68 Å². The predicted molar refractivity (Wildman–Crippen MR) is 135 cm³/mol. The van der Waals surface area contributed by atoms with E-state index in [4.69, 9.17) is 9.47 Å². The van der Waals surface area contributed by atoms with Crippen molar-refractivity contribution >= 4 is 5.69 Å². The third-order valence-electron chi connectivity index (χ3n) is 7.97. The van der Waals surface area contributed by atoms with Gasteiger partial charge in [-0.15, -0.1) is 5.10 Å². The number of nitrogens with one attached hydrogen (secondary N) is 1. The fourth-order valence-electron chi connectivity index (χ4n) is 5.39. The number of nitrogens with zero attached hydrogens (tertiary/aromatic N) is 5. The number of hydrogen-bond acceptors (Lipinski definition) is 7. The van der Waals surface area contributed by atoms with Crippen LogP contribution < -0.4 is 15.0 Å². The van der Waals surface area contributed by atoms with Crippen molar-refractivity contribution in [3.8, 4) is 17.0 Å². The zero-order valence-electron chi connectivity index (χ0n) is 20.4. The van der Waals surface area contributed by atoms with Crippen molar-refractivity contribution in [2.45, 2.75) is 43.7 Å². The van der Waals surface area contributed by atoms with Crippen molar-refractivity contribution in [3.63, 3.8) is 0 Å². The molecule has 6 rings (SSSR count). The molecule has 3 fully saturated rings. The minimum absolute atomic E-state index is 0.329. The van der Waals surface area contributed by atoms with E-state index in [2.05, 4.69) is 49.8 Å². The van der Waals surface area contributed by atoms with Crippen LogP contribution in [0.15, 0.2) is 48.9 Å². The molecule has 8 nitrogen and oxygen atoms in total. The van der Waals surface area contributed by atoms with Gasteiger partial charge in [0.05, 0.1) is 32.7 Å². The van der Waals surface area contributed by atoms with Crippen molar-refractivity contribution in [3.05, 3.63) is 54.5 Å². The molecular weight excluding hydrogens is 440 g/mol. The van der Waals surface area contributed by atoms with Gasteiger partial charge >= 0.3 is 0 Å². The highest BCUT2D eigenvalue weighted by Gasteiger charge is 2.43. The van der Waals surface area contributed by atoms with Crippen LogP contribution in [0.3, 0.4) is 0 Å². The topological polar surface area (TPSA) is 77.3 Å². The van der Waals surface area contributed by atoms with Crippen LogP contribution in [0.4, 0.5) is 5.69 Å². The summed E-state index contributed by atoms with van der Waals surface area (Å²) in [6, 6.07) is 11.5. The molecule has 0 radical (unpaired) electrons. The van der Waals surface area contributed by atoms with Gasteiger partial charge in [-0.1, -0.05) is 23.8 Å². The van der Waals surface area contributed by atoms with Gasteiger partial charge in [0.15, 0.2) is 0 Å². The summed E-state index contributed by atoms with van der Waals surface area (Å²) >= 11 is 0. The smallest absolute Gasteiger partial charge is 0.137 e. The van der Waals surface area contributed by atoms with Crippen molar-refractivity contribution in [2.75, 3.05) is 44.9 Å². The van der Waals surface area contributed by atoms with E-state index >= 15 is 0 Å². The number of pyridine rings is 1. The minimum Gasteiger partial charge on any atom is -0.495 e.